The summed E-state index contributed by atoms with van der Waals surface area (Å²) in [5.74, 6) is -0.895. The van der Waals surface area contributed by atoms with Crippen molar-refractivity contribution in [1.29, 1.82) is 0 Å². The molecule has 2 saturated heterocycles. The molecule has 0 radical (unpaired) electrons. The van der Waals surface area contributed by atoms with Crippen molar-refractivity contribution in [2.24, 2.45) is 0 Å². The fraction of sp³-hybridized carbons (Fsp3) is 0.385. The minimum absolute atomic E-state index is 0.0225. The van der Waals surface area contributed by atoms with Crippen LogP contribution in [0.1, 0.15) is 12.8 Å². The second-order valence-corrected chi connectivity index (χ2v) is 7.34. The van der Waals surface area contributed by atoms with E-state index >= 15 is 0 Å². The molecule has 0 aliphatic carbocycles. The van der Waals surface area contributed by atoms with Crippen LogP contribution in [0.15, 0.2) is 32.3 Å². The van der Waals surface area contributed by atoms with Crippen LogP contribution in [-0.2, 0) is 14.8 Å². The maximum Gasteiger partial charge on any atom is 0.417 e. The fourth-order valence-electron chi connectivity index (χ4n) is 3.21. The van der Waals surface area contributed by atoms with Crippen molar-refractivity contribution in [2.75, 3.05) is 6.54 Å². The van der Waals surface area contributed by atoms with Gasteiger partial charge in [-0.3, -0.25) is 9.78 Å². The van der Waals surface area contributed by atoms with E-state index in [1.165, 1.54) is 22.5 Å². The average Bonchev–Trinajstić information content (AvgIpc) is 3.01. The smallest absolute Gasteiger partial charge is 0.408 e. The van der Waals surface area contributed by atoms with Crippen LogP contribution in [-0.4, -0.2) is 42.2 Å². The van der Waals surface area contributed by atoms with Gasteiger partial charge in [0.25, 0.3) is 0 Å². The van der Waals surface area contributed by atoms with Gasteiger partial charge in [0.15, 0.2) is 5.58 Å². The Bertz CT molecular complexity index is 929. The van der Waals surface area contributed by atoms with Crippen molar-refractivity contribution in [3.05, 3.63) is 28.7 Å². The second kappa shape index (κ2) is 4.43. The molecule has 116 valence electrons. The van der Waals surface area contributed by atoms with Crippen LogP contribution in [0.5, 0.6) is 0 Å². The summed E-state index contributed by atoms with van der Waals surface area (Å²) in [7, 11) is -3.82. The Morgan fingerprint density at radius 2 is 2.05 bits per heavy atom. The Morgan fingerprint density at radius 3 is 2.86 bits per heavy atom. The first kappa shape index (κ1) is 13.5. The van der Waals surface area contributed by atoms with Crippen LogP contribution in [0.2, 0.25) is 0 Å². The summed E-state index contributed by atoms with van der Waals surface area (Å²) in [6.07, 6.45) is 1.18. The predicted molar refractivity (Wildman–Crippen MR) is 75.7 cm³/mol. The molecule has 2 N–H and O–H groups in total. The molecule has 22 heavy (non-hydrogen) atoms. The molecule has 2 fully saturated rings. The van der Waals surface area contributed by atoms with E-state index in [2.05, 4.69) is 10.3 Å². The number of benzene rings is 1. The third-order valence-corrected chi connectivity index (χ3v) is 6.18. The number of carbonyl (C=O) groups excluding carboxylic acids is 1. The first-order valence-electron chi connectivity index (χ1n) is 6.91. The van der Waals surface area contributed by atoms with Crippen molar-refractivity contribution < 1.29 is 17.6 Å². The Kier molecular flexibility index (Phi) is 2.73. The van der Waals surface area contributed by atoms with Gasteiger partial charge in [-0.1, -0.05) is 0 Å². The number of piperazine rings is 1. The zero-order valence-corrected chi connectivity index (χ0v) is 12.2. The number of fused-ring (bicyclic) bond motifs is 3. The normalized spacial score (nSPS) is 25.5. The molecule has 9 heteroatoms. The third-order valence-electron chi connectivity index (χ3n) is 4.22. The molecule has 2 unspecified atom stereocenters. The molecule has 2 aliphatic heterocycles. The highest BCUT2D eigenvalue weighted by Crippen LogP contribution is 2.33. The van der Waals surface area contributed by atoms with Crippen molar-refractivity contribution in [3.63, 3.8) is 0 Å². The molecule has 1 aromatic heterocycles. The molecule has 8 nitrogen and oxygen atoms in total. The lowest BCUT2D eigenvalue weighted by atomic mass is 10.2. The highest BCUT2D eigenvalue weighted by atomic mass is 32.2. The molecule has 2 atom stereocenters. The maximum absolute atomic E-state index is 12.9. The lowest BCUT2D eigenvalue weighted by molar-refractivity contribution is -0.126. The first-order valence-corrected chi connectivity index (χ1v) is 8.35. The fourth-order valence-corrected chi connectivity index (χ4v) is 5.05. The number of sulfonamides is 1. The van der Waals surface area contributed by atoms with E-state index in [4.69, 9.17) is 4.42 Å². The zero-order valence-electron chi connectivity index (χ0n) is 11.4. The van der Waals surface area contributed by atoms with Gasteiger partial charge in [-0.05, 0) is 25.0 Å². The summed E-state index contributed by atoms with van der Waals surface area (Å²) in [6, 6.07) is 3.34. The van der Waals surface area contributed by atoms with Gasteiger partial charge < -0.3 is 9.73 Å². The molecule has 2 aromatic rings. The summed E-state index contributed by atoms with van der Waals surface area (Å²) < 4.78 is 31.9. The maximum atomic E-state index is 12.9. The molecule has 3 heterocycles. The Balaban J connectivity index is 1.82. The van der Waals surface area contributed by atoms with E-state index < -0.39 is 21.8 Å². The van der Waals surface area contributed by atoms with E-state index in [-0.39, 0.29) is 22.4 Å². The number of aromatic nitrogens is 1. The quantitative estimate of drug-likeness (QED) is 0.793. The Hall–Kier alpha value is -2.13. The van der Waals surface area contributed by atoms with Gasteiger partial charge in [0.2, 0.25) is 15.9 Å². The molecule has 2 aliphatic rings. The first-order chi connectivity index (χ1) is 10.5. The third kappa shape index (κ3) is 1.82. The number of amides is 1. The lowest BCUT2D eigenvalue weighted by Crippen LogP contribution is -2.57. The molecule has 0 saturated carbocycles. The summed E-state index contributed by atoms with van der Waals surface area (Å²) in [6.45, 7) is 0.329. The summed E-state index contributed by atoms with van der Waals surface area (Å²) >= 11 is 0. The van der Waals surface area contributed by atoms with Gasteiger partial charge in [0, 0.05) is 18.7 Å². The van der Waals surface area contributed by atoms with Crippen molar-refractivity contribution in [1.82, 2.24) is 14.6 Å². The highest BCUT2D eigenvalue weighted by molar-refractivity contribution is 7.89. The number of hydrogen-bond donors (Lipinski definition) is 2. The predicted octanol–water partition coefficient (Wildman–Crippen LogP) is -0.227. The standard InChI is InChI=1S/C13H13N3O5S/c17-12-10-4-1-7(6-14-12)16(10)22(19,20)8-2-3-9-11(5-8)21-13(18)15-9/h2-3,5,7,10H,1,4,6H2,(H,14,17)(H,15,18). The number of oxazole rings is 1. The number of carbonyl (C=O) groups is 1. The molecule has 4 rings (SSSR count). The van der Waals surface area contributed by atoms with Crippen LogP contribution in [0.25, 0.3) is 11.1 Å². The van der Waals surface area contributed by atoms with Crippen molar-refractivity contribution >= 4 is 27.0 Å². The van der Waals surface area contributed by atoms with Crippen molar-refractivity contribution in [2.45, 2.75) is 29.8 Å². The summed E-state index contributed by atoms with van der Waals surface area (Å²) in [4.78, 5) is 25.5. The Morgan fingerprint density at radius 1 is 1.23 bits per heavy atom. The largest absolute Gasteiger partial charge is 0.417 e. The molecular weight excluding hydrogens is 310 g/mol. The average molecular weight is 323 g/mol. The number of rotatable bonds is 2. The minimum Gasteiger partial charge on any atom is -0.408 e. The lowest BCUT2D eigenvalue weighted by Gasteiger charge is -2.33. The van der Waals surface area contributed by atoms with Crippen molar-refractivity contribution in [3.8, 4) is 0 Å². The SMILES string of the molecule is O=C1NCC2CCC1N2S(=O)(=O)c1ccc2[nH]c(=O)oc2c1. The van der Waals surface area contributed by atoms with E-state index in [0.717, 1.165) is 0 Å². The second-order valence-electron chi connectivity index (χ2n) is 5.50. The number of H-pyrrole nitrogens is 1. The minimum atomic E-state index is -3.82. The van der Waals surface area contributed by atoms with Crippen LogP contribution in [0.3, 0.4) is 0 Å². The zero-order chi connectivity index (χ0) is 15.5. The van der Waals surface area contributed by atoms with Gasteiger partial charge in [0.05, 0.1) is 10.4 Å². The molecule has 1 amide bonds. The van der Waals surface area contributed by atoms with Gasteiger partial charge in [-0.15, -0.1) is 0 Å². The van der Waals surface area contributed by atoms with E-state index in [0.29, 0.717) is 24.9 Å². The number of hydrogen-bond acceptors (Lipinski definition) is 5. The van der Waals surface area contributed by atoms with Crippen LogP contribution in [0, 0.1) is 0 Å². The van der Waals surface area contributed by atoms with Gasteiger partial charge >= 0.3 is 5.76 Å². The van der Waals surface area contributed by atoms with Gasteiger partial charge in [-0.25, -0.2) is 13.2 Å². The van der Waals surface area contributed by atoms with E-state index in [9.17, 15) is 18.0 Å². The molecule has 2 bridgehead atoms. The molecule has 0 spiro atoms. The monoisotopic (exact) mass is 323 g/mol. The number of nitrogens with one attached hydrogen (secondary N) is 2. The van der Waals surface area contributed by atoms with E-state index in [1.54, 1.807) is 0 Å². The topological polar surface area (TPSA) is 112 Å². The number of nitrogens with zero attached hydrogens (tertiary/aromatic N) is 1. The van der Waals surface area contributed by atoms with E-state index in [1.807, 2.05) is 0 Å². The Labute approximate surface area is 125 Å². The van der Waals surface area contributed by atoms with Crippen LogP contribution in [0.4, 0.5) is 0 Å². The van der Waals surface area contributed by atoms with Crippen LogP contribution < -0.4 is 11.1 Å². The summed E-state index contributed by atoms with van der Waals surface area (Å²) in [5, 5.41) is 2.72. The van der Waals surface area contributed by atoms with Gasteiger partial charge in [-0.2, -0.15) is 4.31 Å². The van der Waals surface area contributed by atoms with Gasteiger partial charge in [0.1, 0.15) is 6.04 Å². The highest BCUT2D eigenvalue weighted by Gasteiger charge is 2.48. The summed E-state index contributed by atoms with van der Waals surface area (Å²) in [5.41, 5.74) is 0.614. The molecular formula is C13H13N3O5S. The van der Waals surface area contributed by atoms with Crippen LogP contribution >= 0.6 is 0 Å². The number of aromatic amines is 1. The molecule has 1 aromatic carbocycles.